The molecule has 1 N–H and O–H groups in total. The molecule has 0 spiro atoms. The number of benzene rings is 1. The lowest BCUT2D eigenvalue weighted by atomic mass is 10.0. The number of nitrogens with zero attached hydrogens (tertiary/aromatic N) is 5. The molecule has 1 aliphatic heterocycles. The van der Waals surface area contributed by atoms with Crippen molar-refractivity contribution in [3.63, 3.8) is 0 Å². The quantitative estimate of drug-likeness (QED) is 0.593. The molecular weight excluding hydrogens is 423 g/mol. The fourth-order valence-corrected chi connectivity index (χ4v) is 4.08. The predicted molar refractivity (Wildman–Crippen MR) is 121 cm³/mol. The van der Waals surface area contributed by atoms with E-state index in [1.54, 1.807) is 36.5 Å². The van der Waals surface area contributed by atoms with Crippen molar-refractivity contribution in [2.24, 2.45) is 5.92 Å². The molecule has 3 aromatic rings. The SMILES string of the molecule is COc1cc(CN2CCc3nnc([C@@H](NC(=O)c4ccccn4)C(C)C)n3CC2)ccc1F. The summed E-state index contributed by atoms with van der Waals surface area (Å²) >= 11 is 0. The van der Waals surface area contributed by atoms with E-state index < -0.39 is 0 Å². The van der Waals surface area contributed by atoms with Gasteiger partial charge in [0.15, 0.2) is 17.4 Å². The van der Waals surface area contributed by atoms with E-state index in [0.29, 0.717) is 18.8 Å². The molecular formula is C24H29FN6O2. The number of amides is 1. The Morgan fingerprint density at radius 2 is 2.03 bits per heavy atom. The summed E-state index contributed by atoms with van der Waals surface area (Å²) < 4.78 is 21.0. The highest BCUT2D eigenvalue weighted by atomic mass is 19.1. The molecule has 2 aromatic heterocycles. The lowest BCUT2D eigenvalue weighted by molar-refractivity contribution is 0.0916. The number of halogens is 1. The molecule has 3 heterocycles. The van der Waals surface area contributed by atoms with Crippen molar-refractivity contribution in [2.45, 2.75) is 39.4 Å². The Bertz CT molecular complexity index is 1100. The van der Waals surface area contributed by atoms with Gasteiger partial charge in [0, 0.05) is 38.8 Å². The van der Waals surface area contributed by atoms with Crippen molar-refractivity contribution >= 4 is 5.91 Å². The molecule has 8 nitrogen and oxygen atoms in total. The first-order chi connectivity index (χ1) is 16.0. The summed E-state index contributed by atoms with van der Waals surface area (Å²) in [6.07, 6.45) is 2.35. The van der Waals surface area contributed by atoms with E-state index in [1.807, 2.05) is 0 Å². The zero-order valence-electron chi connectivity index (χ0n) is 19.2. The first-order valence-corrected chi connectivity index (χ1v) is 11.1. The number of methoxy groups -OCH3 is 1. The van der Waals surface area contributed by atoms with E-state index >= 15 is 0 Å². The maximum Gasteiger partial charge on any atom is 0.270 e. The Hall–Kier alpha value is -3.33. The molecule has 0 unspecified atom stereocenters. The molecule has 1 amide bonds. The average molecular weight is 453 g/mol. The monoisotopic (exact) mass is 452 g/mol. The molecule has 0 aliphatic carbocycles. The number of carbonyl (C=O) groups excluding carboxylic acids is 1. The minimum Gasteiger partial charge on any atom is -0.494 e. The molecule has 1 atom stereocenters. The number of hydrogen-bond donors (Lipinski definition) is 1. The molecule has 9 heteroatoms. The maximum atomic E-state index is 13.7. The van der Waals surface area contributed by atoms with Gasteiger partial charge in [-0.1, -0.05) is 26.0 Å². The van der Waals surface area contributed by atoms with Gasteiger partial charge in [-0.2, -0.15) is 0 Å². The van der Waals surface area contributed by atoms with E-state index in [2.05, 4.69) is 43.8 Å². The number of ether oxygens (including phenoxy) is 1. The molecule has 1 aliphatic rings. The summed E-state index contributed by atoms with van der Waals surface area (Å²) in [5, 5.41) is 12.0. The van der Waals surface area contributed by atoms with Crippen LogP contribution in [0.1, 0.15) is 47.6 Å². The van der Waals surface area contributed by atoms with Crippen molar-refractivity contribution in [3.8, 4) is 5.75 Å². The van der Waals surface area contributed by atoms with Gasteiger partial charge in [-0.25, -0.2) is 4.39 Å². The van der Waals surface area contributed by atoms with Crippen LogP contribution >= 0.6 is 0 Å². The third-order valence-electron chi connectivity index (χ3n) is 5.90. The highest BCUT2D eigenvalue weighted by Crippen LogP contribution is 2.24. The standard InChI is InChI=1S/C24H29FN6O2/c1-16(2)22(27-24(32)19-6-4-5-10-26-19)23-29-28-21-9-11-30(12-13-31(21)23)15-17-7-8-18(25)20(14-17)33-3/h4-8,10,14,16,22H,9,11-13,15H2,1-3H3,(H,27,32)/t22-/m0/s1. The molecule has 0 saturated carbocycles. The highest BCUT2D eigenvalue weighted by molar-refractivity contribution is 5.92. The number of rotatable bonds is 7. The molecule has 0 fully saturated rings. The van der Waals surface area contributed by atoms with Crippen molar-refractivity contribution in [1.29, 1.82) is 0 Å². The summed E-state index contributed by atoms with van der Waals surface area (Å²) in [6.45, 7) is 7.10. The number of aromatic nitrogens is 4. The van der Waals surface area contributed by atoms with Crippen LogP contribution < -0.4 is 10.1 Å². The Morgan fingerprint density at radius 1 is 1.18 bits per heavy atom. The van der Waals surface area contributed by atoms with Crippen LogP contribution in [0.25, 0.3) is 0 Å². The lowest BCUT2D eigenvalue weighted by Gasteiger charge is -2.23. The van der Waals surface area contributed by atoms with Crippen LogP contribution in [-0.4, -0.2) is 50.8 Å². The zero-order chi connectivity index (χ0) is 23.4. The molecule has 4 rings (SSSR count). The third kappa shape index (κ3) is 5.19. The minimum atomic E-state index is -0.361. The Balaban J connectivity index is 1.48. The number of nitrogens with one attached hydrogen (secondary N) is 1. The first kappa shape index (κ1) is 22.8. The number of pyridine rings is 1. The van der Waals surface area contributed by atoms with Gasteiger partial charge in [0.2, 0.25) is 0 Å². The van der Waals surface area contributed by atoms with E-state index in [1.165, 1.54) is 13.2 Å². The summed E-state index contributed by atoms with van der Waals surface area (Å²) in [6, 6.07) is 9.96. The predicted octanol–water partition coefficient (Wildman–Crippen LogP) is 3.01. The summed E-state index contributed by atoms with van der Waals surface area (Å²) in [5.74, 6) is 1.45. The third-order valence-corrected chi connectivity index (χ3v) is 5.90. The van der Waals surface area contributed by atoms with Gasteiger partial charge in [-0.3, -0.25) is 14.7 Å². The maximum absolute atomic E-state index is 13.7. The molecule has 1 aromatic carbocycles. The van der Waals surface area contributed by atoms with E-state index in [9.17, 15) is 9.18 Å². The van der Waals surface area contributed by atoms with Crippen LogP contribution in [0.15, 0.2) is 42.6 Å². The second kappa shape index (κ2) is 10.1. The topological polar surface area (TPSA) is 85.2 Å². The number of hydrogen-bond acceptors (Lipinski definition) is 6. The van der Waals surface area contributed by atoms with Gasteiger partial charge in [0.05, 0.1) is 13.2 Å². The van der Waals surface area contributed by atoms with Gasteiger partial charge in [0.25, 0.3) is 5.91 Å². The molecule has 0 saturated heterocycles. The first-order valence-electron chi connectivity index (χ1n) is 11.1. The van der Waals surface area contributed by atoms with Crippen molar-refractivity contribution in [3.05, 3.63) is 71.3 Å². The summed E-state index contributed by atoms with van der Waals surface area (Å²) in [7, 11) is 1.47. The van der Waals surface area contributed by atoms with Crippen LogP contribution in [0, 0.1) is 11.7 Å². The largest absolute Gasteiger partial charge is 0.494 e. The fraction of sp³-hybridized carbons (Fsp3) is 0.417. The Labute approximate surface area is 192 Å². The van der Waals surface area contributed by atoms with E-state index in [-0.39, 0.29) is 29.4 Å². The average Bonchev–Trinajstić information content (AvgIpc) is 3.12. The minimum absolute atomic E-state index is 0.122. The zero-order valence-corrected chi connectivity index (χ0v) is 19.2. The van der Waals surface area contributed by atoms with Gasteiger partial charge >= 0.3 is 0 Å². The second-order valence-electron chi connectivity index (χ2n) is 8.53. The van der Waals surface area contributed by atoms with Crippen LogP contribution in [0.4, 0.5) is 4.39 Å². The smallest absolute Gasteiger partial charge is 0.270 e. The van der Waals surface area contributed by atoms with Crippen molar-refractivity contribution in [2.75, 3.05) is 20.2 Å². The Kier molecular flexibility index (Phi) is 6.98. The Morgan fingerprint density at radius 3 is 2.76 bits per heavy atom. The summed E-state index contributed by atoms with van der Waals surface area (Å²) in [4.78, 5) is 19.2. The molecule has 0 bridgehead atoms. The van der Waals surface area contributed by atoms with Gasteiger partial charge in [-0.15, -0.1) is 10.2 Å². The van der Waals surface area contributed by atoms with Crippen molar-refractivity contribution in [1.82, 2.24) is 30.0 Å². The van der Waals surface area contributed by atoms with Crippen LogP contribution in [-0.2, 0) is 19.5 Å². The van der Waals surface area contributed by atoms with E-state index in [0.717, 1.165) is 36.7 Å². The normalized spacial score (nSPS) is 15.1. The fourth-order valence-electron chi connectivity index (χ4n) is 4.08. The van der Waals surface area contributed by atoms with Gasteiger partial charge < -0.3 is 14.6 Å². The van der Waals surface area contributed by atoms with Crippen LogP contribution in [0.3, 0.4) is 0 Å². The van der Waals surface area contributed by atoms with Crippen molar-refractivity contribution < 1.29 is 13.9 Å². The van der Waals surface area contributed by atoms with Gasteiger partial charge in [-0.05, 0) is 35.7 Å². The summed E-state index contributed by atoms with van der Waals surface area (Å²) in [5.41, 5.74) is 1.37. The number of carbonyl (C=O) groups is 1. The van der Waals surface area contributed by atoms with Crippen LogP contribution in [0.2, 0.25) is 0 Å². The number of fused-ring (bicyclic) bond motifs is 1. The molecule has 174 valence electrons. The van der Waals surface area contributed by atoms with E-state index in [4.69, 9.17) is 4.74 Å². The van der Waals surface area contributed by atoms with Gasteiger partial charge in [0.1, 0.15) is 11.5 Å². The van der Waals surface area contributed by atoms with Crippen LogP contribution in [0.5, 0.6) is 5.75 Å². The lowest BCUT2D eigenvalue weighted by Crippen LogP contribution is -2.34. The molecule has 0 radical (unpaired) electrons. The molecule has 33 heavy (non-hydrogen) atoms. The highest BCUT2D eigenvalue weighted by Gasteiger charge is 2.28. The second-order valence-corrected chi connectivity index (χ2v) is 8.53.